The third-order valence-electron chi connectivity index (χ3n) is 19.7. The molecule has 0 aliphatic carbocycles. The van der Waals surface area contributed by atoms with Crippen molar-refractivity contribution < 1.29 is 124 Å². The number of carbonyl (C=O) groups excluding carboxylic acids is 12. The molecule has 0 spiro atoms. The van der Waals surface area contributed by atoms with Crippen molar-refractivity contribution in [3.05, 3.63) is 298 Å². The van der Waals surface area contributed by atoms with Crippen LogP contribution in [-0.2, 0) is 108 Å². The third-order valence-corrected chi connectivity index (χ3v) is 19.7. The maximum absolute atomic E-state index is 12.9. The SMILES string of the molecule is CC(COC(=O)Nc1cccc(Cc2cccc(NC(=O)OCCCCOC(=O)Nc3cccc(Cc4cccc(NC(=O)OCCOCCOC(=O)CCCCC(=O)OC(=O)Nc5cccc(Cc6cccc(NC(=O)OCCCOC(=O)Nc7cccc(Cc8cccc(NC(=O)OCC9CO9)c8)c7)c6)c5)c4)c3)c2)c1)(OC(=O)Nc1cccc(Cc2cccc(N=C=O)c2)c1)C(=O)O. The topological polar surface area (TPSA) is 477 Å². The highest BCUT2D eigenvalue weighted by Crippen LogP contribution is 2.27. The minimum absolute atomic E-state index is 0.00112. The van der Waals surface area contributed by atoms with Crippen LogP contribution in [0.25, 0.3) is 0 Å². The summed E-state index contributed by atoms with van der Waals surface area (Å²) in [5.74, 6) is -2.88. The largest absolute Gasteiger partial charge is 0.478 e. The van der Waals surface area contributed by atoms with Gasteiger partial charge >= 0.3 is 72.7 Å². The molecule has 36 nitrogen and oxygen atoms in total. The molecule has 135 heavy (non-hydrogen) atoms. The summed E-state index contributed by atoms with van der Waals surface area (Å²) in [6.07, 6.45) is -2.07. The zero-order valence-electron chi connectivity index (χ0n) is 73.5. The highest BCUT2D eigenvalue weighted by atomic mass is 16.6. The average Bonchev–Trinajstić information content (AvgIpc) is 1.22. The van der Waals surface area contributed by atoms with Gasteiger partial charge in [0.05, 0.1) is 51.9 Å². The number of epoxide rings is 1. The fourth-order valence-corrected chi connectivity index (χ4v) is 13.2. The summed E-state index contributed by atoms with van der Waals surface area (Å²) in [5.41, 5.74) is 10.5. The van der Waals surface area contributed by atoms with Crippen molar-refractivity contribution in [2.45, 2.75) is 95.7 Å². The smallest absolute Gasteiger partial charge is 0.419 e. The van der Waals surface area contributed by atoms with E-state index in [1.165, 1.54) is 6.08 Å². The first-order valence-electron chi connectivity index (χ1n) is 43.1. The maximum Gasteiger partial charge on any atom is 0.419 e. The molecule has 1 saturated heterocycles. The second-order valence-electron chi connectivity index (χ2n) is 30.8. The Morgan fingerprint density at radius 3 is 0.948 bits per heavy atom. The molecule has 10 N–H and O–H groups in total. The number of rotatable bonds is 46. The Morgan fingerprint density at radius 1 is 0.333 bits per heavy atom. The molecule has 9 amide bonds. The van der Waals surface area contributed by atoms with Crippen LogP contribution < -0.4 is 47.9 Å². The van der Waals surface area contributed by atoms with Crippen LogP contribution in [0, 0.1) is 0 Å². The van der Waals surface area contributed by atoms with Crippen LogP contribution in [-0.4, -0.2) is 168 Å². The molecule has 1 heterocycles. The Labute approximate surface area is 775 Å². The maximum atomic E-state index is 12.9. The molecule has 1 aliphatic rings. The van der Waals surface area contributed by atoms with Crippen molar-refractivity contribution in [2.24, 2.45) is 4.99 Å². The number of benzene rings is 10. The molecule has 0 aromatic heterocycles. The van der Waals surface area contributed by atoms with Crippen molar-refractivity contribution in [2.75, 3.05) is 121 Å². The molecule has 702 valence electrons. The minimum Gasteiger partial charge on any atom is -0.478 e. The summed E-state index contributed by atoms with van der Waals surface area (Å²) in [5, 5.41) is 33.9. The summed E-state index contributed by atoms with van der Waals surface area (Å²) >= 11 is 0. The van der Waals surface area contributed by atoms with E-state index in [1.807, 2.05) is 78.9 Å². The highest BCUT2D eigenvalue weighted by Gasteiger charge is 2.40. The fraction of sp³-hybridized carbons (Fsp3) is 0.263. The summed E-state index contributed by atoms with van der Waals surface area (Å²) in [7, 11) is 0. The monoisotopic (exact) mass is 1840 g/mol. The lowest BCUT2D eigenvalue weighted by molar-refractivity contribution is -0.160. The van der Waals surface area contributed by atoms with E-state index in [9.17, 15) is 67.4 Å². The molecular weight excluding hydrogens is 1750 g/mol. The molecular formula is C99H100N10O26. The van der Waals surface area contributed by atoms with Gasteiger partial charge in [-0.1, -0.05) is 121 Å². The van der Waals surface area contributed by atoms with Crippen molar-refractivity contribution in [3.63, 3.8) is 0 Å². The molecule has 10 aromatic rings. The minimum atomic E-state index is -2.28. The number of carbonyl (C=O) groups is 12. The number of unbranched alkanes of at least 4 members (excludes halogenated alkanes) is 2. The quantitative estimate of drug-likeness (QED) is 0.00322. The van der Waals surface area contributed by atoms with E-state index in [2.05, 4.69) is 52.8 Å². The Morgan fingerprint density at radius 2 is 0.615 bits per heavy atom. The number of ether oxygens (including phenoxy) is 12. The number of aliphatic imine (C=N–C) groups is 1. The summed E-state index contributed by atoms with van der Waals surface area (Å²) < 4.78 is 62.9. The Kier molecular flexibility index (Phi) is 38.5. The number of isocyanates is 1. The first-order valence-corrected chi connectivity index (χ1v) is 43.1. The van der Waals surface area contributed by atoms with Crippen LogP contribution in [0.3, 0.4) is 0 Å². The van der Waals surface area contributed by atoms with E-state index in [-0.39, 0.29) is 97.7 Å². The Hall–Kier alpha value is -16.5. The third kappa shape index (κ3) is 37.1. The van der Waals surface area contributed by atoms with E-state index in [0.29, 0.717) is 108 Å². The molecule has 0 saturated carbocycles. The van der Waals surface area contributed by atoms with Crippen LogP contribution >= 0.6 is 0 Å². The number of amides is 9. The number of carboxylic acid groups (broad SMARTS) is 1. The van der Waals surface area contributed by atoms with Gasteiger partial charge in [0.25, 0.3) is 0 Å². The van der Waals surface area contributed by atoms with Crippen LogP contribution in [0.5, 0.6) is 0 Å². The van der Waals surface area contributed by atoms with Crippen molar-refractivity contribution in [1.29, 1.82) is 0 Å². The predicted octanol–water partition coefficient (Wildman–Crippen LogP) is 18.4. The fourth-order valence-electron chi connectivity index (χ4n) is 13.2. The molecule has 0 bridgehead atoms. The van der Waals surface area contributed by atoms with Crippen LogP contribution in [0.1, 0.15) is 108 Å². The first-order chi connectivity index (χ1) is 65.4. The number of aliphatic carboxylic acids is 1. The number of nitrogens with zero attached hydrogens (tertiary/aromatic N) is 1. The molecule has 2 atom stereocenters. The zero-order chi connectivity index (χ0) is 95.4. The van der Waals surface area contributed by atoms with E-state index in [0.717, 1.165) is 62.6 Å². The van der Waals surface area contributed by atoms with E-state index >= 15 is 0 Å². The molecule has 2 unspecified atom stereocenters. The molecule has 11 rings (SSSR count). The summed E-state index contributed by atoms with van der Waals surface area (Å²) in [4.78, 5) is 166. The first kappa shape index (κ1) is 99.1. The van der Waals surface area contributed by atoms with Gasteiger partial charge < -0.3 is 61.9 Å². The number of esters is 2. The van der Waals surface area contributed by atoms with Gasteiger partial charge in [-0.25, -0.2) is 52.7 Å². The van der Waals surface area contributed by atoms with Crippen LogP contribution in [0.15, 0.2) is 248 Å². The van der Waals surface area contributed by atoms with Gasteiger partial charge in [-0.2, -0.15) is 4.99 Å². The van der Waals surface area contributed by atoms with E-state index < -0.39 is 85.0 Å². The van der Waals surface area contributed by atoms with Gasteiger partial charge in [0.2, 0.25) is 11.7 Å². The average molecular weight is 1850 g/mol. The molecule has 36 heteroatoms. The van der Waals surface area contributed by atoms with E-state index in [4.69, 9.17) is 56.8 Å². The summed E-state index contributed by atoms with van der Waals surface area (Å²) in [6.45, 7) is 0.962. The summed E-state index contributed by atoms with van der Waals surface area (Å²) in [6, 6.07) is 70.4. The number of hydrogen-bond donors (Lipinski definition) is 10. The lowest BCUT2D eigenvalue weighted by Gasteiger charge is -2.24. The zero-order valence-corrected chi connectivity index (χ0v) is 73.5. The van der Waals surface area contributed by atoms with Gasteiger partial charge in [0.15, 0.2) is 0 Å². The van der Waals surface area contributed by atoms with Crippen molar-refractivity contribution in [1.82, 2.24) is 0 Å². The van der Waals surface area contributed by atoms with Gasteiger partial charge in [0.1, 0.15) is 32.5 Å². The van der Waals surface area contributed by atoms with E-state index in [1.54, 1.807) is 164 Å². The van der Waals surface area contributed by atoms with Crippen molar-refractivity contribution in [3.8, 4) is 0 Å². The van der Waals surface area contributed by atoms with Crippen LogP contribution in [0.4, 0.5) is 100 Å². The number of hydrogen-bond acceptors (Lipinski definition) is 26. The van der Waals surface area contributed by atoms with Gasteiger partial charge in [-0.15, -0.1) is 0 Å². The number of nitrogens with one attached hydrogen (secondary N) is 9. The molecule has 0 radical (unpaired) electrons. The predicted molar refractivity (Wildman–Crippen MR) is 496 cm³/mol. The number of anilines is 9. The standard InChI is InChI=1S/C99H100N10O26/c1-99(89(113)114,135-98(123)109-85-36-15-26-67(61-85)47-66-17-6-27-76(52-66)100-65-110)64-133-96(121)107-83-34-13-24-74(59-83)50-70-19-8-29-78(54-70)102-91(116)127-40-5-4-39-126-90(115)101-77-28-7-18-68(53-77)48-71-22-11-32-81(57-71)105-94(119)130-46-44-124-43-45-125-87(111)37-2-3-38-88(112)134-97(122)108-84-35-14-25-75(60-84)51-72-21-10-31-80(56-72)104-93(118)129-42-16-41-128-92(117)103-79-30-9-20-69(55-79)49-73-23-12-33-82(58-73)106-95(120)132-63-86-62-131-86/h6-15,17-36,52-61,86H,2-5,16,37-51,62-64H2,1H3,(H,101,115)(H,102,116)(H,103,117)(H,104,118)(H,105,119)(H,106,120)(H,107,121)(H,108,122)(H,109,123)(H,113,114). The molecule has 10 aromatic carbocycles. The molecule has 1 fully saturated rings. The van der Waals surface area contributed by atoms with Crippen LogP contribution in [0.2, 0.25) is 0 Å². The van der Waals surface area contributed by atoms with Gasteiger partial charge in [-0.05, 0) is 242 Å². The second-order valence-corrected chi connectivity index (χ2v) is 30.8. The Bertz CT molecular complexity index is 5850. The Balaban J connectivity index is 0.476. The normalized spacial score (nSPS) is 12.0. The lowest BCUT2D eigenvalue weighted by Crippen LogP contribution is -2.46. The highest BCUT2D eigenvalue weighted by molar-refractivity contribution is 5.94. The molecule has 1 aliphatic heterocycles. The van der Waals surface area contributed by atoms with Gasteiger partial charge in [0, 0.05) is 70.4 Å². The number of carboxylic acids is 1. The van der Waals surface area contributed by atoms with Gasteiger partial charge in [-0.3, -0.25) is 57.4 Å². The second kappa shape index (κ2) is 52.4. The van der Waals surface area contributed by atoms with Crippen molar-refractivity contribution >= 4 is 136 Å². The lowest BCUT2D eigenvalue weighted by atomic mass is 10.0.